The first-order valence-corrected chi connectivity index (χ1v) is 6.62. The average molecular weight is 199 g/mol. The second-order valence-corrected chi connectivity index (χ2v) is 4.32. The topological polar surface area (TPSA) is 26.0 Å². The van der Waals surface area contributed by atoms with E-state index in [1.54, 1.807) is 0 Å². The van der Waals surface area contributed by atoms with Gasteiger partial charge in [-0.05, 0) is 13.0 Å². The van der Waals surface area contributed by atoms with Crippen LogP contribution in [0.25, 0.3) is 0 Å². The minimum atomic E-state index is 0.872. The standard InChI is InChI=1S/C13H29N/c1-2-3-4-5-6-7-8-9-10-11-12-13-14/h2-14H2,1H3. The van der Waals surface area contributed by atoms with Gasteiger partial charge in [-0.3, -0.25) is 0 Å². The van der Waals surface area contributed by atoms with Crippen molar-refractivity contribution < 1.29 is 0 Å². The summed E-state index contributed by atoms with van der Waals surface area (Å²) in [4.78, 5) is 0. The summed E-state index contributed by atoms with van der Waals surface area (Å²) < 4.78 is 0. The Labute approximate surface area is 90.5 Å². The van der Waals surface area contributed by atoms with Crippen molar-refractivity contribution in [3.63, 3.8) is 0 Å². The predicted molar refractivity (Wildman–Crippen MR) is 65.5 cm³/mol. The van der Waals surface area contributed by atoms with Crippen molar-refractivity contribution in [3.8, 4) is 0 Å². The van der Waals surface area contributed by atoms with Crippen LogP contribution in [-0.4, -0.2) is 6.54 Å². The van der Waals surface area contributed by atoms with E-state index in [4.69, 9.17) is 5.73 Å². The molecule has 1 heteroatoms. The second-order valence-electron chi connectivity index (χ2n) is 4.32. The number of rotatable bonds is 11. The largest absolute Gasteiger partial charge is 0.330 e. The third kappa shape index (κ3) is 12.0. The molecule has 0 aliphatic carbocycles. The molecule has 0 aliphatic heterocycles. The first-order valence-electron chi connectivity index (χ1n) is 6.62. The fourth-order valence-corrected chi connectivity index (χ4v) is 1.81. The van der Waals surface area contributed by atoms with Gasteiger partial charge in [-0.25, -0.2) is 0 Å². The van der Waals surface area contributed by atoms with E-state index in [0.717, 1.165) is 6.54 Å². The Morgan fingerprint density at radius 2 is 0.929 bits per heavy atom. The van der Waals surface area contributed by atoms with Gasteiger partial charge >= 0.3 is 0 Å². The van der Waals surface area contributed by atoms with Crippen molar-refractivity contribution in [2.24, 2.45) is 5.73 Å². The van der Waals surface area contributed by atoms with Crippen LogP contribution in [0.4, 0.5) is 0 Å². The fraction of sp³-hybridized carbons (Fsp3) is 1.00. The summed E-state index contributed by atoms with van der Waals surface area (Å²) in [5.74, 6) is 0. The molecule has 0 saturated heterocycles. The zero-order valence-corrected chi connectivity index (χ0v) is 10.1. The Bertz CT molecular complexity index is 79.2. The van der Waals surface area contributed by atoms with Crippen LogP contribution in [0.2, 0.25) is 0 Å². The molecule has 14 heavy (non-hydrogen) atoms. The first-order chi connectivity index (χ1) is 6.91. The van der Waals surface area contributed by atoms with Gasteiger partial charge in [0.2, 0.25) is 0 Å². The molecule has 0 unspecified atom stereocenters. The summed E-state index contributed by atoms with van der Waals surface area (Å²) in [7, 11) is 0. The van der Waals surface area contributed by atoms with Gasteiger partial charge in [-0.2, -0.15) is 0 Å². The number of nitrogens with two attached hydrogens (primary N) is 1. The lowest BCUT2D eigenvalue weighted by atomic mass is 10.1. The Morgan fingerprint density at radius 1 is 0.571 bits per heavy atom. The maximum Gasteiger partial charge on any atom is -0.00773 e. The van der Waals surface area contributed by atoms with Crippen LogP contribution < -0.4 is 5.73 Å². The zero-order chi connectivity index (χ0) is 10.5. The molecule has 2 N–H and O–H groups in total. The summed E-state index contributed by atoms with van der Waals surface area (Å²) in [5, 5.41) is 0. The molecule has 0 radical (unpaired) electrons. The van der Waals surface area contributed by atoms with E-state index in [1.807, 2.05) is 0 Å². The van der Waals surface area contributed by atoms with Crippen LogP contribution in [-0.2, 0) is 0 Å². The number of hydrogen-bond donors (Lipinski definition) is 1. The van der Waals surface area contributed by atoms with E-state index in [1.165, 1.54) is 70.6 Å². The van der Waals surface area contributed by atoms with Gasteiger partial charge in [0, 0.05) is 0 Å². The van der Waals surface area contributed by atoms with E-state index in [-0.39, 0.29) is 0 Å². The SMILES string of the molecule is CCCCCCCCCCCCCN. The Morgan fingerprint density at radius 3 is 1.29 bits per heavy atom. The lowest BCUT2D eigenvalue weighted by molar-refractivity contribution is 0.551. The van der Waals surface area contributed by atoms with Crippen molar-refractivity contribution in [1.82, 2.24) is 0 Å². The first kappa shape index (κ1) is 14.0. The van der Waals surface area contributed by atoms with Crippen LogP contribution in [0.5, 0.6) is 0 Å². The smallest absolute Gasteiger partial charge is 0.00773 e. The molecular formula is C13H29N. The van der Waals surface area contributed by atoms with E-state index in [0.29, 0.717) is 0 Å². The summed E-state index contributed by atoms with van der Waals surface area (Å²) in [5.41, 5.74) is 5.44. The van der Waals surface area contributed by atoms with Gasteiger partial charge in [0.15, 0.2) is 0 Å². The molecule has 0 atom stereocenters. The average Bonchev–Trinajstić information content (AvgIpc) is 2.21. The Hall–Kier alpha value is -0.0400. The molecule has 86 valence electrons. The third-order valence-corrected chi connectivity index (χ3v) is 2.81. The lowest BCUT2D eigenvalue weighted by Gasteiger charge is -2.01. The van der Waals surface area contributed by atoms with E-state index >= 15 is 0 Å². The van der Waals surface area contributed by atoms with Crippen molar-refractivity contribution in [3.05, 3.63) is 0 Å². The Kier molecular flexibility index (Phi) is 12.9. The molecule has 0 spiro atoms. The zero-order valence-electron chi connectivity index (χ0n) is 10.1. The molecule has 0 aliphatic rings. The minimum Gasteiger partial charge on any atom is -0.330 e. The van der Waals surface area contributed by atoms with Crippen LogP contribution in [0.15, 0.2) is 0 Å². The third-order valence-electron chi connectivity index (χ3n) is 2.81. The van der Waals surface area contributed by atoms with Crippen molar-refractivity contribution in [2.45, 2.75) is 77.6 Å². The molecule has 0 rings (SSSR count). The van der Waals surface area contributed by atoms with Gasteiger partial charge in [0.25, 0.3) is 0 Å². The molecule has 0 aromatic carbocycles. The quantitative estimate of drug-likeness (QED) is 0.494. The summed E-state index contributed by atoms with van der Waals surface area (Å²) in [6.45, 7) is 3.15. The van der Waals surface area contributed by atoms with E-state index < -0.39 is 0 Å². The highest BCUT2D eigenvalue weighted by molar-refractivity contribution is 4.47. The highest BCUT2D eigenvalue weighted by Gasteiger charge is 1.91. The molecule has 0 bridgehead atoms. The van der Waals surface area contributed by atoms with Crippen molar-refractivity contribution >= 4 is 0 Å². The molecule has 0 fully saturated rings. The highest BCUT2D eigenvalue weighted by Crippen LogP contribution is 2.10. The minimum absolute atomic E-state index is 0.872. The predicted octanol–water partition coefficient (Wildman–Crippen LogP) is 4.26. The monoisotopic (exact) mass is 199 g/mol. The normalized spacial score (nSPS) is 10.7. The fourth-order valence-electron chi connectivity index (χ4n) is 1.81. The number of unbranched alkanes of at least 4 members (excludes halogenated alkanes) is 10. The summed E-state index contributed by atoms with van der Waals surface area (Å²) >= 11 is 0. The van der Waals surface area contributed by atoms with Gasteiger partial charge in [0.05, 0.1) is 0 Å². The second kappa shape index (κ2) is 13.0. The van der Waals surface area contributed by atoms with Crippen LogP contribution >= 0.6 is 0 Å². The van der Waals surface area contributed by atoms with Gasteiger partial charge < -0.3 is 5.73 Å². The van der Waals surface area contributed by atoms with Crippen molar-refractivity contribution in [1.29, 1.82) is 0 Å². The number of hydrogen-bond acceptors (Lipinski definition) is 1. The molecule has 1 nitrogen and oxygen atoms in total. The lowest BCUT2D eigenvalue weighted by Crippen LogP contribution is -1.97. The maximum absolute atomic E-state index is 5.44. The van der Waals surface area contributed by atoms with Crippen LogP contribution in [0, 0.1) is 0 Å². The van der Waals surface area contributed by atoms with E-state index in [2.05, 4.69) is 6.92 Å². The van der Waals surface area contributed by atoms with Crippen molar-refractivity contribution in [2.75, 3.05) is 6.54 Å². The van der Waals surface area contributed by atoms with E-state index in [9.17, 15) is 0 Å². The van der Waals surface area contributed by atoms with Gasteiger partial charge in [-0.1, -0.05) is 71.1 Å². The molecule has 0 saturated carbocycles. The summed E-state index contributed by atoms with van der Waals surface area (Å²) in [6.07, 6.45) is 15.4. The molecule has 0 amide bonds. The summed E-state index contributed by atoms with van der Waals surface area (Å²) in [6, 6.07) is 0. The molecular weight excluding hydrogens is 170 g/mol. The molecule has 0 aromatic heterocycles. The molecule has 0 aromatic rings. The van der Waals surface area contributed by atoms with Crippen LogP contribution in [0.3, 0.4) is 0 Å². The van der Waals surface area contributed by atoms with Gasteiger partial charge in [0.1, 0.15) is 0 Å². The Balaban J connectivity index is 2.78. The van der Waals surface area contributed by atoms with Gasteiger partial charge in [-0.15, -0.1) is 0 Å². The highest BCUT2D eigenvalue weighted by atomic mass is 14.5. The maximum atomic E-state index is 5.44. The molecule has 0 heterocycles. The van der Waals surface area contributed by atoms with Crippen LogP contribution in [0.1, 0.15) is 77.6 Å².